The van der Waals surface area contributed by atoms with Crippen molar-refractivity contribution < 1.29 is 19.1 Å². The molecule has 1 atom stereocenters. The van der Waals surface area contributed by atoms with E-state index in [0.29, 0.717) is 34.5 Å². The zero-order valence-corrected chi connectivity index (χ0v) is 16.3. The van der Waals surface area contributed by atoms with Crippen LogP contribution in [-0.2, 0) is 4.79 Å². The Balaban J connectivity index is 1.69. The number of hydrogen-bond donors (Lipinski definition) is 0. The Morgan fingerprint density at radius 3 is 2.76 bits per heavy atom. The molecule has 0 N–H and O–H groups in total. The summed E-state index contributed by atoms with van der Waals surface area (Å²) in [5.74, 6) is -0.144. The molecule has 1 amide bonds. The Kier molecular flexibility index (Phi) is 4.88. The summed E-state index contributed by atoms with van der Waals surface area (Å²) in [6.07, 6.45) is 1.90. The summed E-state index contributed by atoms with van der Waals surface area (Å²) in [5.41, 5.74) is 2.32. The molecule has 7 heteroatoms. The van der Waals surface area contributed by atoms with Crippen LogP contribution in [0.2, 0.25) is 0 Å². The molecule has 148 valence electrons. The van der Waals surface area contributed by atoms with E-state index >= 15 is 0 Å². The van der Waals surface area contributed by atoms with Gasteiger partial charge in [0.2, 0.25) is 0 Å². The van der Waals surface area contributed by atoms with Crippen LogP contribution in [0.25, 0.3) is 11.0 Å². The van der Waals surface area contributed by atoms with E-state index < -0.39 is 6.10 Å². The summed E-state index contributed by atoms with van der Waals surface area (Å²) < 4.78 is 7.12. The number of aromatic nitrogens is 2. The number of Topliss-reactive ketones (excluding diaryl/α,β-unsaturated/α-hetero) is 1. The first-order valence-electron chi connectivity index (χ1n) is 9.60. The number of carbonyl (C=O) groups excluding carboxylic acids is 3. The second-order valence-corrected chi connectivity index (χ2v) is 7.04. The van der Waals surface area contributed by atoms with Gasteiger partial charge < -0.3 is 4.74 Å². The fourth-order valence-corrected chi connectivity index (χ4v) is 3.48. The van der Waals surface area contributed by atoms with Crippen molar-refractivity contribution in [1.82, 2.24) is 9.55 Å². The van der Waals surface area contributed by atoms with Gasteiger partial charge in [-0.3, -0.25) is 23.9 Å². The summed E-state index contributed by atoms with van der Waals surface area (Å²) in [6, 6.07) is 12.3. The smallest absolute Gasteiger partial charge is 0.268 e. The summed E-state index contributed by atoms with van der Waals surface area (Å²) in [6.45, 7) is 3.40. The van der Waals surface area contributed by atoms with Crippen molar-refractivity contribution in [3.63, 3.8) is 0 Å². The number of imidazole rings is 1. The maximum absolute atomic E-state index is 13.0. The summed E-state index contributed by atoms with van der Waals surface area (Å²) in [5, 5.41) is 0. The van der Waals surface area contributed by atoms with Gasteiger partial charge in [-0.2, -0.15) is 0 Å². The number of fused-ring (bicyclic) bond motifs is 2. The number of nitrogens with zero attached hydrogens (tertiary/aromatic N) is 3. The Labute approximate surface area is 167 Å². The molecule has 3 aromatic rings. The molecule has 0 radical (unpaired) electrons. The van der Waals surface area contributed by atoms with Crippen LogP contribution >= 0.6 is 0 Å². The lowest BCUT2D eigenvalue weighted by molar-refractivity contribution is -0.125. The lowest BCUT2D eigenvalue weighted by Gasteiger charge is -2.32. The lowest BCUT2D eigenvalue weighted by Crippen LogP contribution is -2.47. The van der Waals surface area contributed by atoms with E-state index in [2.05, 4.69) is 4.98 Å². The average molecular weight is 391 g/mol. The number of ether oxygens (including phenoxy) is 1. The van der Waals surface area contributed by atoms with Crippen LogP contribution in [0, 0.1) is 0 Å². The van der Waals surface area contributed by atoms with Gasteiger partial charge in [-0.25, -0.2) is 4.98 Å². The highest BCUT2D eigenvalue weighted by Crippen LogP contribution is 2.35. The van der Waals surface area contributed by atoms with Crippen molar-refractivity contribution in [2.24, 2.45) is 0 Å². The number of amides is 1. The van der Waals surface area contributed by atoms with E-state index in [1.54, 1.807) is 31.2 Å². The largest absolute Gasteiger partial charge is 0.479 e. The van der Waals surface area contributed by atoms with Gasteiger partial charge in [-0.1, -0.05) is 19.1 Å². The van der Waals surface area contributed by atoms with E-state index in [1.807, 2.05) is 25.1 Å². The van der Waals surface area contributed by atoms with Gasteiger partial charge in [0.05, 0.1) is 16.7 Å². The molecule has 7 nitrogen and oxygen atoms in total. The first-order valence-corrected chi connectivity index (χ1v) is 9.60. The van der Waals surface area contributed by atoms with Crippen molar-refractivity contribution in [1.29, 1.82) is 0 Å². The van der Waals surface area contributed by atoms with Gasteiger partial charge in [-0.15, -0.1) is 0 Å². The van der Waals surface area contributed by atoms with Gasteiger partial charge in [0.25, 0.3) is 11.8 Å². The second kappa shape index (κ2) is 7.50. The van der Waals surface area contributed by atoms with E-state index in [1.165, 1.54) is 15.8 Å². The Bertz CT molecular complexity index is 1120. The van der Waals surface area contributed by atoms with Crippen LogP contribution < -0.4 is 9.64 Å². The normalized spacial score (nSPS) is 15.9. The van der Waals surface area contributed by atoms with Crippen LogP contribution in [0.4, 0.5) is 5.69 Å². The highest BCUT2D eigenvalue weighted by atomic mass is 16.5. The number of rotatable bonds is 5. The van der Waals surface area contributed by atoms with Gasteiger partial charge in [0, 0.05) is 12.0 Å². The van der Waals surface area contributed by atoms with E-state index in [4.69, 9.17) is 4.74 Å². The standard InChI is InChI=1S/C22H21N3O4/c1-3-6-19(26)15-9-10-20-18(11-15)24(22(28)14(2)29-20)12-21(27)25-13-23-16-7-4-5-8-17(16)25/h4-5,7-11,13-14H,3,6,12H2,1-2H3. The van der Waals surface area contributed by atoms with Crippen molar-refractivity contribution in [3.05, 3.63) is 54.4 Å². The first kappa shape index (κ1) is 18.9. The third-order valence-electron chi connectivity index (χ3n) is 4.98. The monoisotopic (exact) mass is 391 g/mol. The lowest BCUT2D eigenvalue weighted by atomic mass is 10.0. The molecule has 4 rings (SSSR count). The molecule has 2 heterocycles. The molecule has 0 fully saturated rings. The number of benzene rings is 2. The van der Waals surface area contributed by atoms with Crippen LogP contribution in [0.15, 0.2) is 48.8 Å². The Morgan fingerprint density at radius 2 is 1.97 bits per heavy atom. The van der Waals surface area contributed by atoms with E-state index in [9.17, 15) is 14.4 Å². The highest BCUT2D eigenvalue weighted by Gasteiger charge is 2.33. The summed E-state index contributed by atoms with van der Waals surface area (Å²) in [4.78, 5) is 43.7. The fraction of sp³-hybridized carbons (Fsp3) is 0.273. The molecule has 0 spiro atoms. The van der Waals surface area contributed by atoms with Crippen molar-refractivity contribution in [2.75, 3.05) is 11.4 Å². The molecule has 0 saturated carbocycles. The van der Waals surface area contributed by atoms with Crippen LogP contribution in [0.1, 0.15) is 41.8 Å². The third kappa shape index (κ3) is 3.40. The van der Waals surface area contributed by atoms with E-state index in [-0.39, 0.29) is 24.1 Å². The minimum absolute atomic E-state index is 0.00625. The van der Waals surface area contributed by atoms with Gasteiger partial charge >= 0.3 is 0 Å². The molecule has 0 aliphatic carbocycles. The minimum Gasteiger partial charge on any atom is -0.479 e. The molecule has 0 saturated heterocycles. The SMILES string of the molecule is CCCC(=O)c1ccc2c(c1)N(CC(=O)n1cnc3ccccc31)C(=O)C(C)O2. The number of ketones is 1. The molecule has 1 aromatic heterocycles. The van der Waals surface area contributed by atoms with Gasteiger partial charge in [-0.05, 0) is 43.7 Å². The molecule has 1 unspecified atom stereocenters. The van der Waals surface area contributed by atoms with E-state index in [0.717, 1.165) is 6.42 Å². The van der Waals surface area contributed by atoms with Crippen molar-refractivity contribution in [2.45, 2.75) is 32.8 Å². The zero-order valence-electron chi connectivity index (χ0n) is 16.3. The summed E-state index contributed by atoms with van der Waals surface area (Å²) >= 11 is 0. The topological polar surface area (TPSA) is 81.5 Å². The molecule has 1 aliphatic heterocycles. The molecule has 1 aliphatic rings. The summed E-state index contributed by atoms with van der Waals surface area (Å²) in [7, 11) is 0. The number of hydrogen-bond acceptors (Lipinski definition) is 5. The second-order valence-electron chi connectivity index (χ2n) is 7.04. The molecular weight excluding hydrogens is 370 g/mol. The quantitative estimate of drug-likeness (QED) is 0.622. The fourth-order valence-electron chi connectivity index (χ4n) is 3.48. The van der Waals surface area contributed by atoms with Crippen molar-refractivity contribution >= 4 is 34.3 Å². The minimum atomic E-state index is -0.716. The Hall–Kier alpha value is -3.48. The molecule has 2 aromatic carbocycles. The number of para-hydroxylation sites is 2. The van der Waals surface area contributed by atoms with Crippen LogP contribution in [0.3, 0.4) is 0 Å². The Morgan fingerprint density at radius 1 is 1.17 bits per heavy atom. The van der Waals surface area contributed by atoms with Gasteiger partial charge in [0.1, 0.15) is 18.6 Å². The maximum Gasteiger partial charge on any atom is 0.268 e. The highest BCUT2D eigenvalue weighted by molar-refractivity contribution is 6.06. The first-order chi connectivity index (χ1) is 14.0. The zero-order chi connectivity index (χ0) is 20.5. The number of anilines is 1. The maximum atomic E-state index is 13.0. The predicted octanol–water partition coefficient (Wildman–Crippen LogP) is 3.47. The molecule has 0 bridgehead atoms. The van der Waals surface area contributed by atoms with Crippen LogP contribution in [0.5, 0.6) is 5.75 Å². The van der Waals surface area contributed by atoms with Crippen LogP contribution in [-0.4, -0.2) is 39.8 Å². The molecule has 29 heavy (non-hydrogen) atoms. The molecular formula is C22H21N3O4. The van der Waals surface area contributed by atoms with Crippen molar-refractivity contribution in [3.8, 4) is 5.75 Å². The third-order valence-corrected chi connectivity index (χ3v) is 4.98. The predicted molar refractivity (Wildman–Crippen MR) is 108 cm³/mol. The number of carbonyl (C=O) groups is 3. The van der Waals surface area contributed by atoms with Gasteiger partial charge in [0.15, 0.2) is 11.9 Å². The average Bonchev–Trinajstić information content (AvgIpc) is 3.15.